The lowest BCUT2D eigenvalue weighted by molar-refractivity contribution is -0.0936. The largest absolute Gasteiger partial charge is 0.439 e. The first-order chi connectivity index (χ1) is 13.4. The van der Waals surface area contributed by atoms with Crippen molar-refractivity contribution in [3.63, 3.8) is 0 Å². The average molecular weight is 379 g/mol. The fourth-order valence-corrected chi connectivity index (χ4v) is 3.37. The van der Waals surface area contributed by atoms with Crippen LogP contribution >= 0.6 is 0 Å². The van der Waals surface area contributed by atoms with Gasteiger partial charge in [-0.15, -0.1) is 0 Å². The highest BCUT2D eigenvalue weighted by Gasteiger charge is 2.44. The molecule has 0 radical (unpaired) electrons. The molecule has 1 N–H and O–H groups in total. The summed E-state index contributed by atoms with van der Waals surface area (Å²) in [5, 5.41) is 11.8. The minimum absolute atomic E-state index is 0.211. The molecule has 140 valence electrons. The number of alkyl carbamates (subject to hydrolysis) is 1. The van der Waals surface area contributed by atoms with Gasteiger partial charge >= 0.3 is 6.09 Å². The Hall–Kier alpha value is -3.45. The Labute approximate surface area is 160 Å². The van der Waals surface area contributed by atoms with Crippen LogP contribution in [0.5, 0.6) is 0 Å². The second-order valence-electron chi connectivity index (χ2n) is 6.92. The maximum Gasteiger partial charge on any atom is 0.408 e. The Morgan fingerprint density at radius 1 is 1.18 bits per heavy atom. The van der Waals surface area contributed by atoms with Crippen LogP contribution in [0, 0.1) is 29.1 Å². The lowest BCUT2D eigenvalue weighted by Gasteiger charge is -2.31. The number of carbonyl (C=O) groups excluding carboxylic acids is 1. The minimum atomic E-state index is -2.60. The third-order valence-electron chi connectivity index (χ3n) is 4.78. The summed E-state index contributed by atoms with van der Waals surface area (Å²) in [4.78, 5) is 16.0. The molecule has 1 amide bonds. The first-order valence-corrected chi connectivity index (χ1v) is 8.75. The zero-order valence-electron chi connectivity index (χ0n) is 14.7. The molecule has 2 fully saturated rings. The Bertz CT molecular complexity index is 1030. The molecule has 2 unspecified atom stereocenters. The van der Waals surface area contributed by atoms with E-state index >= 15 is 0 Å². The van der Waals surface area contributed by atoms with Gasteiger partial charge in [0.05, 0.1) is 11.6 Å². The van der Waals surface area contributed by atoms with Crippen molar-refractivity contribution in [1.29, 1.82) is 5.26 Å². The van der Waals surface area contributed by atoms with E-state index in [2.05, 4.69) is 28.2 Å². The molecule has 4 rings (SSSR count). The maximum absolute atomic E-state index is 12.9. The molecular weight excluding hydrogens is 364 g/mol. The zero-order chi connectivity index (χ0) is 19.7. The average Bonchev–Trinajstić information content (AvgIpc) is 3.07. The van der Waals surface area contributed by atoms with Crippen LogP contribution in [0.15, 0.2) is 42.7 Å². The van der Waals surface area contributed by atoms with Gasteiger partial charge in [0.15, 0.2) is 6.10 Å². The quantitative estimate of drug-likeness (QED) is 0.804. The number of amides is 1. The van der Waals surface area contributed by atoms with E-state index in [1.807, 2.05) is 0 Å². The molecule has 2 heterocycles. The maximum atomic E-state index is 12.9. The number of rotatable bonds is 2. The Balaban J connectivity index is 1.58. The standard InChI is InChI=1S/C21H15F2N3O2/c22-21(23)8-15(9-21)5-4-14-7-17(12-25-11-14)18-19(28-20(27)26-18)16-3-1-2-13(6-16)10-24/h1-3,6-7,11-12,15,18-19H,8-9H2,(H,26,27). The molecule has 5 nitrogen and oxygen atoms in total. The molecular formula is C21H15F2N3O2. The van der Waals surface area contributed by atoms with Crippen molar-refractivity contribution < 1.29 is 18.3 Å². The first kappa shape index (κ1) is 17.9. The van der Waals surface area contributed by atoms with Crippen molar-refractivity contribution >= 4 is 6.09 Å². The molecule has 2 atom stereocenters. The van der Waals surface area contributed by atoms with Gasteiger partial charge in [-0.3, -0.25) is 4.98 Å². The van der Waals surface area contributed by atoms with Crippen molar-refractivity contribution in [1.82, 2.24) is 10.3 Å². The number of pyridine rings is 1. The van der Waals surface area contributed by atoms with E-state index in [4.69, 9.17) is 10.00 Å². The molecule has 0 spiro atoms. The predicted molar refractivity (Wildman–Crippen MR) is 95.0 cm³/mol. The van der Waals surface area contributed by atoms with Gasteiger partial charge < -0.3 is 10.1 Å². The lowest BCUT2D eigenvalue weighted by atomic mass is 9.82. The monoisotopic (exact) mass is 379 g/mol. The third kappa shape index (κ3) is 3.65. The van der Waals surface area contributed by atoms with Gasteiger partial charge in [-0.2, -0.15) is 5.26 Å². The van der Waals surface area contributed by atoms with Gasteiger partial charge in [-0.05, 0) is 29.3 Å². The van der Waals surface area contributed by atoms with E-state index < -0.39 is 24.2 Å². The number of hydrogen-bond donors (Lipinski definition) is 1. The van der Waals surface area contributed by atoms with Crippen LogP contribution in [0.1, 0.15) is 47.2 Å². The molecule has 28 heavy (non-hydrogen) atoms. The van der Waals surface area contributed by atoms with Crippen LogP contribution in [0.25, 0.3) is 0 Å². The van der Waals surface area contributed by atoms with E-state index in [-0.39, 0.29) is 18.8 Å². The van der Waals surface area contributed by atoms with Gasteiger partial charge in [-0.25, -0.2) is 13.6 Å². The third-order valence-corrected chi connectivity index (χ3v) is 4.78. The minimum Gasteiger partial charge on any atom is -0.439 e. The topological polar surface area (TPSA) is 75.0 Å². The van der Waals surface area contributed by atoms with Crippen molar-refractivity contribution in [3.05, 3.63) is 65.0 Å². The highest BCUT2D eigenvalue weighted by Crippen LogP contribution is 2.42. The summed E-state index contributed by atoms with van der Waals surface area (Å²) >= 11 is 0. The highest BCUT2D eigenvalue weighted by molar-refractivity contribution is 5.71. The summed E-state index contributed by atoms with van der Waals surface area (Å²) < 4.78 is 31.2. The van der Waals surface area contributed by atoms with Gasteiger partial charge in [0.1, 0.15) is 6.04 Å². The number of cyclic esters (lactones) is 1. The Morgan fingerprint density at radius 3 is 2.71 bits per heavy atom. The summed E-state index contributed by atoms with van der Waals surface area (Å²) in [5.74, 6) is 2.83. The van der Waals surface area contributed by atoms with Crippen molar-refractivity contribution in [3.8, 4) is 17.9 Å². The Morgan fingerprint density at radius 2 is 1.96 bits per heavy atom. The van der Waals surface area contributed by atoms with Crippen LogP contribution in [0.4, 0.5) is 13.6 Å². The van der Waals surface area contributed by atoms with Crippen molar-refractivity contribution in [2.75, 3.05) is 0 Å². The van der Waals surface area contributed by atoms with Gasteiger partial charge in [0, 0.05) is 36.7 Å². The van der Waals surface area contributed by atoms with E-state index in [1.165, 1.54) is 0 Å². The molecule has 1 aromatic carbocycles. The predicted octanol–water partition coefficient (Wildman–Crippen LogP) is 3.87. The summed E-state index contributed by atoms with van der Waals surface area (Å²) in [6, 6.07) is 10.2. The van der Waals surface area contributed by atoms with Gasteiger partial charge in [0.2, 0.25) is 0 Å². The van der Waals surface area contributed by atoms with Crippen LogP contribution in [0.2, 0.25) is 0 Å². The number of nitrogens with one attached hydrogen (secondary N) is 1. The van der Waals surface area contributed by atoms with Crippen molar-refractivity contribution in [2.24, 2.45) is 5.92 Å². The number of nitrogens with zero attached hydrogens (tertiary/aromatic N) is 2. The number of nitriles is 1. The normalized spacial score (nSPS) is 22.8. The molecule has 2 aliphatic rings. The summed E-state index contributed by atoms with van der Waals surface area (Å²) in [6.45, 7) is 0. The van der Waals surface area contributed by atoms with Crippen LogP contribution in [-0.2, 0) is 4.74 Å². The number of hydrogen-bond acceptors (Lipinski definition) is 4. The smallest absolute Gasteiger partial charge is 0.408 e. The molecule has 2 aromatic rings. The molecule has 1 saturated carbocycles. The summed E-state index contributed by atoms with van der Waals surface area (Å²) in [7, 11) is 0. The summed E-state index contributed by atoms with van der Waals surface area (Å²) in [5.41, 5.74) is 2.42. The Kier molecular flexibility index (Phi) is 4.44. The number of alkyl halides is 2. The number of benzene rings is 1. The summed E-state index contributed by atoms with van der Waals surface area (Å²) in [6.07, 6.45) is 1.55. The van der Waals surface area contributed by atoms with Crippen LogP contribution < -0.4 is 5.32 Å². The highest BCUT2D eigenvalue weighted by atomic mass is 19.3. The van der Waals surface area contributed by atoms with Crippen molar-refractivity contribution in [2.45, 2.75) is 30.9 Å². The van der Waals surface area contributed by atoms with Gasteiger partial charge in [-0.1, -0.05) is 24.0 Å². The van der Waals surface area contributed by atoms with E-state index in [1.54, 1.807) is 42.7 Å². The van der Waals surface area contributed by atoms with Crippen LogP contribution in [0.3, 0.4) is 0 Å². The molecule has 1 aliphatic heterocycles. The van der Waals surface area contributed by atoms with Gasteiger partial charge in [0.25, 0.3) is 5.92 Å². The van der Waals surface area contributed by atoms with E-state index in [0.29, 0.717) is 22.3 Å². The number of carbonyl (C=O) groups is 1. The fraction of sp³-hybridized carbons (Fsp3) is 0.286. The zero-order valence-corrected chi connectivity index (χ0v) is 14.7. The lowest BCUT2D eigenvalue weighted by Crippen LogP contribution is -2.34. The first-order valence-electron chi connectivity index (χ1n) is 8.75. The SMILES string of the molecule is N#Cc1cccc(C2OC(=O)NC2c2cncc(C#CC3CC(F)(F)C3)c2)c1. The molecule has 0 bridgehead atoms. The molecule has 1 aliphatic carbocycles. The fourth-order valence-electron chi connectivity index (χ4n) is 3.37. The van der Waals surface area contributed by atoms with Crippen LogP contribution in [-0.4, -0.2) is 17.0 Å². The van der Waals surface area contributed by atoms with E-state index in [9.17, 15) is 13.6 Å². The molecule has 7 heteroatoms. The second-order valence-corrected chi connectivity index (χ2v) is 6.92. The number of aromatic nitrogens is 1. The van der Waals surface area contributed by atoms with E-state index in [0.717, 1.165) is 0 Å². The number of ether oxygens (including phenoxy) is 1. The molecule has 1 saturated heterocycles. The second kappa shape index (κ2) is 6.94. The number of halogens is 2. The molecule has 1 aromatic heterocycles.